The van der Waals surface area contributed by atoms with E-state index in [1.165, 1.54) is 11.8 Å². The zero-order chi connectivity index (χ0) is 24.5. The van der Waals surface area contributed by atoms with Gasteiger partial charge in [0.05, 0.1) is 6.04 Å². The first-order chi connectivity index (χ1) is 15.6. The fourth-order valence-electron chi connectivity index (χ4n) is 3.64. The molecule has 1 aromatic rings. The minimum Gasteiger partial charge on any atom is -0.481 e. The van der Waals surface area contributed by atoms with Crippen molar-refractivity contribution >= 4 is 29.7 Å². The zero-order valence-corrected chi connectivity index (χ0v) is 18.4. The number of nitrogens with two attached hydrogens (primary N) is 1. The van der Waals surface area contributed by atoms with Gasteiger partial charge in [-0.25, -0.2) is 4.79 Å². The Kier molecular flexibility index (Phi) is 9.34. The Morgan fingerprint density at radius 2 is 1.79 bits per heavy atom. The fourth-order valence-corrected chi connectivity index (χ4v) is 3.64. The summed E-state index contributed by atoms with van der Waals surface area (Å²) in [5, 5.41) is 23.2. The summed E-state index contributed by atoms with van der Waals surface area (Å²) in [7, 11) is 0. The van der Waals surface area contributed by atoms with Crippen molar-refractivity contribution in [2.45, 2.75) is 63.2 Å². The molecule has 0 bridgehead atoms. The smallest absolute Gasteiger partial charge is 0.326 e. The normalized spacial score (nSPS) is 18.1. The topological polar surface area (TPSA) is 179 Å². The largest absolute Gasteiger partial charge is 0.481 e. The van der Waals surface area contributed by atoms with E-state index in [2.05, 4.69) is 10.6 Å². The highest BCUT2D eigenvalue weighted by Crippen LogP contribution is 2.19. The second kappa shape index (κ2) is 12.0. The summed E-state index contributed by atoms with van der Waals surface area (Å²) in [6.45, 7) is 1.73. The van der Waals surface area contributed by atoms with Crippen molar-refractivity contribution in [1.29, 1.82) is 0 Å². The average Bonchev–Trinajstić information content (AvgIpc) is 3.27. The van der Waals surface area contributed by atoms with E-state index in [-0.39, 0.29) is 19.3 Å². The SMILES string of the molecule is CC(NC(=O)C1CCCN1C(=O)C(N)CCC(=O)O)C(=O)NC(Cc1ccccc1)C(=O)O. The Bertz CT molecular complexity index is 877. The number of nitrogens with one attached hydrogen (secondary N) is 2. The van der Waals surface area contributed by atoms with Gasteiger partial charge in [-0.2, -0.15) is 0 Å². The van der Waals surface area contributed by atoms with Crippen LogP contribution in [0, 0.1) is 0 Å². The molecule has 1 fully saturated rings. The molecule has 11 nitrogen and oxygen atoms in total. The van der Waals surface area contributed by atoms with E-state index in [1.807, 2.05) is 0 Å². The lowest BCUT2D eigenvalue weighted by atomic mass is 10.1. The quantitative estimate of drug-likeness (QED) is 0.291. The van der Waals surface area contributed by atoms with Crippen LogP contribution in [0.15, 0.2) is 30.3 Å². The fraction of sp³-hybridized carbons (Fsp3) is 0.500. The van der Waals surface area contributed by atoms with Gasteiger partial charge in [-0.15, -0.1) is 0 Å². The van der Waals surface area contributed by atoms with Gasteiger partial charge in [0.1, 0.15) is 18.1 Å². The Balaban J connectivity index is 1.94. The first kappa shape index (κ1) is 25.8. The summed E-state index contributed by atoms with van der Waals surface area (Å²) in [4.78, 5) is 61.4. The van der Waals surface area contributed by atoms with Crippen LogP contribution in [0.25, 0.3) is 0 Å². The molecule has 0 radical (unpaired) electrons. The Hall–Kier alpha value is -3.47. The lowest BCUT2D eigenvalue weighted by molar-refractivity contribution is -0.143. The van der Waals surface area contributed by atoms with Crippen LogP contribution in [0.5, 0.6) is 0 Å². The molecule has 0 saturated carbocycles. The van der Waals surface area contributed by atoms with E-state index in [0.29, 0.717) is 19.4 Å². The molecular weight excluding hydrogens is 432 g/mol. The summed E-state index contributed by atoms with van der Waals surface area (Å²) >= 11 is 0. The first-order valence-corrected chi connectivity index (χ1v) is 10.8. The number of nitrogens with zero attached hydrogens (tertiary/aromatic N) is 1. The molecule has 0 aliphatic carbocycles. The third-order valence-electron chi connectivity index (χ3n) is 5.47. The van der Waals surface area contributed by atoms with E-state index < -0.39 is 53.8 Å². The lowest BCUT2D eigenvalue weighted by Crippen LogP contribution is -2.56. The summed E-state index contributed by atoms with van der Waals surface area (Å²) in [5.74, 6) is -4.00. The van der Waals surface area contributed by atoms with Crippen molar-refractivity contribution in [1.82, 2.24) is 15.5 Å². The van der Waals surface area contributed by atoms with Crippen LogP contribution in [0.1, 0.15) is 38.2 Å². The molecule has 180 valence electrons. The Morgan fingerprint density at radius 3 is 2.39 bits per heavy atom. The minimum absolute atomic E-state index is 0.0458. The molecule has 1 heterocycles. The molecule has 2 rings (SSSR count). The van der Waals surface area contributed by atoms with Crippen LogP contribution in [0.2, 0.25) is 0 Å². The predicted molar refractivity (Wildman–Crippen MR) is 117 cm³/mol. The molecule has 1 aliphatic rings. The van der Waals surface area contributed by atoms with E-state index in [4.69, 9.17) is 10.8 Å². The molecule has 1 saturated heterocycles. The van der Waals surface area contributed by atoms with Crippen molar-refractivity contribution in [3.8, 4) is 0 Å². The number of rotatable bonds is 11. The third kappa shape index (κ3) is 7.56. The van der Waals surface area contributed by atoms with E-state index in [0.717, 1.165) is 5.56 Å². The van der Waals surface area contributed by atoms with Gasteiger partial charge in [-0.05, 0) is 31.7 Å². The van der Waals surface area contributed by atoms with Crippen LogP contribution >= 0.6 is 0 Å². The predicted octanol–water partition coefficient (Wildman–Crippen LogP) is -0.514. The number of carbonyl (C=O) groups is 5. The number of carboxylic acids is 2. The second-order valence-electron chi connectivity index (χ2n) is 8.05. The molecule has 1 aromatic carbocycles. The maximum atomic E-state index is 12.7. The number of hydrogen-bond acceptors (Lipinski definition) is 6. The number of amides is 3. The average molecular weight is 463 g/mol. The number of benzene rings is 1. The first-order valence-electron chi connectivity index (χ1n) is 10.8. The minimum atomic E-state index is -1.20. The number of carbonyl (C=O) groups excluding carboxylic acids is 3. The molecular formula is C22H30N4O7. The van der Waals surface area contributed by atoms with Crippen LogP contribution in [0.3, 0.4) is 0 Å². The molecule has 6 N–H and O–H groups in total. The highest BCUT2D eigenvalue weighted by molar-refractivity contribution is 5.94. The number of hydrogen-bond donors (Lipinski definition) is 5. The van der Waals surface area contributed by atoms with Gasteiger partial charge in [0, 0.05) is 19.4 Å². The van der Waals surface area contributed by atoms with Crippen molar-refractivity contribution in [2.75, 3.05) is 6.54 Å². The van der Waals surface area contributed by atoms with Crippen LogP contribution < -0.4 is 16.4 Å². The summed E-state index contributed by atoms with van der Waals surface area (Å²) in [5.41, 5.74) is 6.53. The molecule has 11 heteroatoms. The molecule has 1 aliphatic heterocycles. The van der Waals surface area contributed by atoms with Gasteiger partial charge >= 0.3 is 11.9 Å². The number of carboxylic acid groups (broad SMARTS) is 2. The van der Waals surface area contributed by atoms with Crippen LogP contribution in [-0.2, 0) is 30.4 Å². The van der Waals surface area contributed by atoms with Gasteiger partial charge in [0.25, 0.3) is 0 Å². The lowest BCUT2D eigenvalue weighted by Gasteiger charge is -2.27. The molecule has 4 unspecified atom stereocenters. The van der Waals surface area contributed by atoms with Gasteiger partial charge in [0.2, 0.25) is 17.7 Å². The maximum Gasteiger partial charge on any atom is 0.326 e. The van der Waals surface area contributed by atoms with Gasteiger partial charge in [0.15, 0.2) is 0 Å². The summed E-state index contributed by atoms with van der Waals surface area (Å²) < 4.78 is 0. The van der Waals surface area contributed by atoms with Gasteiger partial charge in [-0.1, -0.05) is 30.3 Å². The second-order valence-corrected chi connectivity index (χ2v) is 8.05. The Labute approximate surface area is 191 Å². The number of aliphatic carboxylic acids is 2. The van der Waals surface area contributed by atoms with E-state index in [9.17, 15) is 29.1 Å². The zero-order valence-electron chi connectivity index (χ0n) is 18.4. The van der Waals surface area contributed by atoms with Gasteiger partial charge in [-0.3, -0.25) is 19.2 Å². The molecule has 0 aromatic heterocycles. The van der Waals surface area contributed by atoms with Gasteiger partial charge < -0.3 is 31.5 Å². The monoisotopic (exact) mass is 462 g/mol. The molecule has 3 amide bonds. The summed E-state index contributed by atoms with van der Waals surface area (Å²) in [6.07, 6.45) is 0.720. The number of likely N-dealkylation sites (tertiary alicyclic amines) is 1. The van der Waals surface area contributed by atoms with E-state index in [1.54, 1.807) is 30.3 Å². The molecule has 4 atom stereocenters. The van der Waals surface area contributed by atoms with Crippen LogP contribution in [-0.4, -0.2) is 75.5 Å². The van der Waals surface area contributed by atoms with E-state index >= 15 is 0 Å². The third-order valence-corrected chi connectivity index (χ3v) is 5.47. The van der Waals surface area contributed by atoms with Crippen molar-refractivity contribution in [3.05, 3.63) is 35.9 Å². The van der Waals surface area contributed by atoms with Crippen molar-refractivity contribution in [2.24, 2.45) is 5.73 Å². The van der Waals surface area contributed by atoms with Crippen molar-refractivity contribution in [3.63, 3.8) is 0 Å². The highest BCUT2D eigenvalue weighted by Gasteiger charge is 2.37. The van der Waals surface area contributed by atoms with Crippen molar-refractivity contribution < 1.29 is 34.2 Å². The molecule has 33 heavy (non-hydrogen) atoms. The molecule has 0 spiro atoms. The Morgan fingerprint density at radius 1 is 1.12 bits per heavy atom. The highest BCUT2D eigenvalue weighted by atomic mass is 16.4. The summed E-state index contributed by atoms with van der Waals surface area (Å²) in [6, 6.07) is 4.76. The maximum absolute atomic E-state index is 12.7. The van der Waals surface area contributed by atoms with Crippen LogP contribution in [0.4, 0.5) is 0 Å². The standard InChI is InChI=1S/C22H30N4O7/c1-13(19(29)25-16(22(32)33)12-14-6-3-2-4-7-14)24-20(30)17-8-5-11-26(17)21(31)15(23)9-10-18(27)28/h2-4,6-7,13,15-17H,5,8-12,23H2,1H3,(H,24,30)(H,25,29)(H,27,28)(H,32,33).